The Bertz CT molecular complexity index is 802. The second-order valence-corrected chi connectivity index (χ2v) is 11.6. The van der Waals surface area contributed by atoms with E-state index in [0.29, 0.717) is 17.9 Å². The van der Waals surface area contributed by atoms with Crippen molar-refractivity contribution in [1.82, 2.24) is 0 Å². The monoisotopic (exact) mass is 434 g/mol. The lowest BCUT2D eigenvalue weighted by molar-refractivity contribution is -0.262. The van der Waals surface area contributed by atoms with Crippen LogP contribution in [-0.4, -0.2) is 5.60 Å². The molecule has 172 valence electrons. The summed E-state index contributed by atoms with van der Waals surface area (Å²) >= 11 is 0. The molecule has 0 bridgehead atoms. The molecule has 0 aliphatic heterocycles. The number of rotatable bonds is 3. The van der Waals surface area contributed by atoms with Gasteiger partial charge in [0.15, 0.2) is 0 Å². The Kier molecular flexibility index (Phi) is 5.27. The van der Waals surface area contributed by atoms with Gasteiger partial charge in [0.05, 0.1) is 17.8 Å². The average molecular weight is 435 g/mol. The van der Waals surface area contributed by atoms with Crippen LogP contribution >= 0.6 is 0 Å². The number of ether oxygens (including phenoxy) is 1. The smallest absolute Gasteiger partial charge is 0.369 e. The molecule has 1 aromatic carbocycles. The Morgan fingerprint density at radius 3 is 2.35 bits per heavy atom. The third-order valence-electron chi connectivity index (χ3n) is 10.3. The summed E-state index contributed by atoms with van der Waals surface area (Å²) in [5, 5.41) is 0. The van der Waals surface area contributed by atoms with E-state index in [4.69, 9.17) is 4.74 Å². The van der Waals surface area contributed by atoms with E-state index in [1.807, 2.05) is 0 Å². The normalized spacial score (nSPS) is 42.5. The van der Waals surface area contributed by atoms with Crippen LogP contribution in [-0.2, 0) is 17.5 Å². The van der Waals surface area contributed by atoms with Gasteiger partial charge in [-0.3, -0.25) is 0 Å². The molecule has 0 heterocycles. The van der Waals surface area contributed by atoms with Crippen LogP contribution in [0.5, 0.6) is 0 Å². The van der Waals surface area contributed by atoms with E-state index in [-0.39, 0.29) is 11.0 Å². The van der Waals surface area contributed by atoms with E-state index in [1.165, 1.54) is 76.3 Å². The van der Waals surface area contributed by atoms with Crippen LogP contribution in [0.1, 0.15) is 95.6 Å². The number of hydrogen-bond acceptors (Lipinski definition) is 1. The molecule has 31 heavy (non-hydrogen) atoms. The molecule has 1 nitrogen and oxygen atoms in total. The van der Waals surface area contributed by atoms with E-state index in [2.05, 4.69) is 13.8 Å². The third-order valence-corrected chi connectivity index (χ3v) is 10.3. The van der Waals surface area contributed by atoms with Crippen LogP contribution in [0.15, 0.2) is 24.3 Å². The highest BCUT2D eigenvalue weighted by Gasteiger charge is 2.66. The molecule has 0 spiro atoms. The molecule has 6 atom stereocenters. The molecule has 0 radical (unpaired) electrons. The zero-order valence-electron chi connectivity index (χ0n) is 19.1. The summed E-state index contributed by atoms with van der Waals surface area (Å²) in [6, 6.07) is 5.63. The zero-order valence-corrected chi connectivity index (χ0v) is 19.1. The van der Waals surface area contributed by atoms with Crippen molar-refractivity contribution in [3.8, 4) is 0 Å². The molecular formula is C27H37F3O. The second-order valence-electron chi connectivity index (χ2n) is 11.6. The van der Waals surface area contributed by atoms with Crippen LogP contribution in [0.2, 0.25) is 0 Å². The number of fused-ring (bicyclic) bond motifs is 5. The van der Waals surface area contributed by atoms with Gasteiger partial charge in [-0.2, -0.15) is 13.2 Å². The van der Waals surface area contributed by atoms with Gasteiger partial charge < -0.3 is 4.74 Å². The molecule has 0 aromatic heterocycles. The highest BCUT2D eigenvalue weighted by Crippen LogP contribution is 2.69. The summed E-state index contributed by atoms with van der Waals surface area (Å²) in [6.07, 6.45) is 9.87. The van der Waals surface area contributed by atoms with E-state index in [9.17, 15) is 13.2 Å². The minimum atomic E-state index is -4.29. The first-order chi connectivity index (χ1) is 14.7. The lowest BCUT2D eigenvalue weighted by Crippen LogP contribution is -2.65. The molecule has 1 aromatic rings. The largest absolute Gasteiger partial charge is 0.416 e. The van der Waals surface area contributed by atoms with Crippen molar-refractivity contribution in [1.29, 1.82) is 0 Å². The van der Waals surface area contributed by atoms with E-state index in [0.717, 1.165) is 23.8 Å². The van der Waals surface area contributed by atoms with Gasteiger partial charge in [0, 0.05) is 0 Å². The Balaban J connectivity index is 1.45. The van der Waals surface area contributed by atoms with Crippen molar-refractivity contribution in [2.24, 2.45) is 28.6 Å². The summed E-state index contributed by atoms with van der Waals surface area (Å²) in [5.74, 6) is 2.08. The Labute approximate surface area is 185 Å². The minimum absolute atomic E-state index is 0.118. The predicted octanol–water partition coefficient (Wildman–Crippen LogP) is 8.17. The average Bonchev–Trinajstić information content (AvgIpc) is 3.13. The predicted molar refractivity (Wildman–Crippen MR) is 116 cm³/mol. The van der Waals surface area contributed by atoms with E-state index >= 15 is 0 Å². The lowest BCUT2D eigenvalue weighted by atomic mass is 9.43. The number of benzene rings is 1. The van der Waals surface area contributed by atoms with Gasteiger partial charge in [-0.1, -0.05) is 45.2 Å². The van der Waals surface area contributed by atoms with Crippen LogP contribution in [0.25, 0.3) is 0 Å². The highest BCUT2D eigenvalue weighted by atomic mass is 19.4. The van der Waals surface area contributed by atoms with Gasteiger partial charge in [-0.05, 0) is 97.6 Å². The third kappa shape index (κ3) is 3.38. The number of halogens is 3. The van der Waals surface area contributed by atoms with Gasteiger partial charge in [0.1, 0.15) is 0 Å². The van der Waals surface area contributed by atoms with E-state index in [1.54, 1.807) is 12.1 Å². The van der Waals surface area contributed by atoms with Gasteiger partial charge in [-0.15, -0.1) is 0 Å². The molecule has 4 fully saturated rings. The zero-order chi connectivity index (χ0) is 21.9. The maximum Gasteiger partial charge on any atom is 0.416 e. The van der Waals surface area contributed by atoms with Crippen molar-refractivity contribution >= 4 is 0 Å². The first-order valence-corrected chi connectivity index (χ1v) is 12.5. The van der Waals surface area contributed by atoms with Crippen LogP contribution in [0.3, 0.4) is 0 Å². The van der Waals surface area contributed by atoms with Crippen LogP contribution in [0.4, 0.5) is 13.2 Å². The molecule has 0 saturated heterocycles. The molecule has 0 unspecified atom stereocenters. The second kappa shape index (κ2) is 7.50. The van der Waals surface area contributed by atoms with Crippen molar-refractivity contribution in [2.45, 2.75) is 103 Å². The summed E-state index contributed by atoms with van der Waals surface area (Å²) in [7, 11) is 0. The van der Waals surface area contributed by atoms with Gasteiger partial charge in [0.25, 0.3) is 0 Å². The fraction of sp³-hybridized carbons (Fsp3) is 0.778. The SMILES string of the molecule is C[C@@]12CCC[C@H]1[C@@H]1CC[C@H]3CCCC[C@]3(C)[C@@]1(OCc1ccc(C(F)(F)F)cc1)CC2. The van der Waals surface area contributed by atoms with Crippen LogP contribution < -0.4 is 0 Å². The molecular weight excluding hydrogens is 397 g/mol. The van der Waals surface area contributed by atoms with Crippen molar-refractivity contribution in [2.75, 3.05) is 0 Å². The van der Waals surface area contributed by atoms with Crippen molar-refractivity contribution < 1.29 is 17.9 Å². The maximum absolute atomic E-state index is 13.0. The molecule has 0 amide bonds. The first-order valence-electron chi connectivity index (χ1n) is 12.5. The fourth-order valence-electron chi connectivity index (χ4n) is 8.53. The van der Waals surface area contributed by atoms with Crippen LogP contribution in [0, 0.1) is 28.6 Å². The molecule has 4 aliphatic carbocycles. The van der Waals surface area contributed by atoms with Gasteiger partial charge >= 0.3 is 6.18 Å². The Morgan fingerprint density at radius 2 is 1.61 bits per heavy atom. The molecule has 4 heteroatoms. The van der Waals surface area contributed by atoms with E-state index < -0.39 is 11.7 Å². The fourth-order valence-corrected chi connectivity index (χ4v) is 8.53. The quantitative estimate of drug-likeness (QED) is 0.466. The summed E-state index contributed by atoms with van der Waals surface area (Å²) < 4.78 is 46.0. The Morgan fingerprint density at radius 1 is 0.839 bits per heavy atom. The van der Waals surface area contributed by atoms with Gasteiger partial charge in [0.2, 0.25) is 0 Å². The summed E-state index contributed by atoms with van der Waals surface area (Å²) in [4.78, 5) is 0. The highest BCUT2D eigenvalue weighted by molar-refractivity contribution is 5.24. The van der Waals surface area contributed by atoms with Crippen molar-refractivity contribution in [3.05, 3.63) is 35.4 Å². The summed E-state index contributed by atoms with van der Waals surface area (Å²) in [5.41, 5.74) is 0.826. The summed E-state index contributed by atoms with van der Waals surface area (Å²) in [6.45, 7) is 5.45. The maximum atomic E-state index is 13.0. The molecule has 5 rings (SSSR count). The van der Waals surface area contributed by atoms with Crippen molar-refractivity contribution in [3.63, 3.8) is 0 Å². The molecule has 4 saturated carbocycles. The number of hydrogen-bond donors (Lipinski definition) is 0. The lowest BCUT2D eigenvalue weighted by Gasteiger charge is -2.66. The molecule has 0 N–H and O–H groups in total. The number of alkyl halides is 3. The minimum Gasteiger partial charge on any atom is -0.369 e. The first kappa shape index (κ1) is 21.8. The molecule has 4 aliphatic rings. The topological polar surface area (TPSA) is 9.23 Å². The van der Waals surface area contributed by atoms with Gasteiger partial charge in [-0.25, -0.2) is 0 Å². The standard InChI is InChI=1S/C27H37F3O/c1-24-14-5-7-22(24)23-13-12-20-6-3-4-15-25(20,2)26(23,17-16-24)31-18-19-8-10-21(11-9-19)27(28,29)30/h8-11,20,22-23H,3-7,12-18H2,1-2H3/t20-,22+,23+,24+,25+,26-/m1/s1. The Hall–Kier alpha value is -1.03.